The molecule has 2 amide bonds. The van der Waals surface area contributed by atoms with Gasteiger partial charge in [0.1, 0.15) is 5.60 Å². The molecular weight excluding hydrogens is 220 g/mol. The van der Waals surface area contributed by atoms with Gasteiger partial charge in [0.15, 0.2) is 0 Å². The number of ether oxygens (including phenoxy) is 1. The summed E-state index contributed by atoms with van der Waals surface area (Å²) < 4.78 is 5.15. The van der Waals surface area contributed by atoms with Crippen molar-refractivity contribution in [3.05, 3.63) is 12.7 Å². The molecule has 1 saturated heterocycles. The molecule has 1 N–H and O–H groups in total. The summed E-state index contributed by atoms with van der Waals surface area (Å²) in [4.78, 5) is 24.5. The van der Waals surface area contributed by atoms with Gasteiger partial charge in [-0.15, -0.1) is 0 Å². The number of amides is 2. The van der Waals surface area contributed by atoms with E-state index in [1.54, 1.807) is 4.90 Å². The molecule has 5 nitrogen and oxygen atoms in total. The number of nitrogens with zero attached hydrogens (tertiary/aromatic N) is 1. The average molecular weight is 240 g/mol. The lowest BCUT2D eigenvalue weighted by Gasteiger charge is -2.21. The lowest BCUT2D eigenvalue weighted by molar-refractivity contribution is -0.125. The van der Waals surface area contributed by atoms with Gasteiger partial charge < -0.3 is 15.0 Å². The van der Waals surface area contributed by atoms with Crippen molar-refractivity contribution >= 4 is 12.0 Å². The molecule has 0 aromatic rings. The molecule has 0 radical (unpaired) electrons. The first-order valence-electron chi connectivity index (χ1n) is 5.72. The third-order valence-corrected chi connectivity index (χ3v) is 2.40. The number of hydrogen-bond acceptors (Lipinski definition) is 3. The minimum absolute atomic E-state index is 0.0336. The number of likely N-dealkylation sites (tertiary alicyclic amines) is 1. The zero-order valence-corrected chi connectivity index (χ0v) is 10.7. The first-order valence-corrected chi connectivity index (χ1v) is 5.72. The molecule has 1 rings (SSSR count). The van der Waals surface area contributed by atoms with Gasteiger partial charge in [-0.25, -0.2) is 4.79 Å². The number of carbonyl (C=O) groups excluding carboxylic acids is 2. The molecular formula is C12H20N2O3. The number of alkyl carbamates (subject to hydrolysis) is 1. The average Bonchev–Trinajstić information content (AvgIpc) is 2.62. The normalized spacial score (nSPS) is 19.9. The largest absolute Gasteiger partial charge is 0.444 e. The number of nitrogens with one attached hydrogen (secondary N) is 1. The van der Waals surface area contributed by atoms with E-state index in [1.807, 2.05) is 20.8 Å². The summed E-state index contributed by atoms with van der Waals surface area (Å²) >= 11 is 0. The summed E-state index contributed by atoms with van der Waals surface area (Å²) in [6.07, 6.45) is 1.60. The van der Waals surface area contributed by atoms with Crippen LogP contribution in [0.5, 0.6) is 0 Å². The highest BCUT2D eigenvalue weighted by atomic mass is 16.6. The molecule has 1 atom stereocenters. The van der Waals surface area contributed by atoms with Gasteiger partial charge in [0.05, 0.1) is 6.04 Å². The van der Waals surface area contributed by atoms with E-state index in [2.05, 4.69) is 11.9 Å². The van der Waals surface area contributed by atoms with Gasteiger partial charge >= 0.3 is 6.09 Å². The summed E-state index contributed by atoms with van der Waals surface area (Å²) in [6.45, 7) is 10.0. The molecule has 5 heteroatoms. The Bertz CT molecular complexity index is 320. The van der Waals surface area contributed by atoms with Crippen molar-refractivity contribution in [1.82, 2.24) is 10.2 Å². The van der Waals surface area contributed by atoms with E-state index in [0.29, 0.717) is 13.1 Å². The second kappa shape index (κ2) is 5.21. The van der Waals surface area contributed by atoms with Crippen molar-refractivity contribution in [1.29, 1.82) is 0 Å². The summed E-state index contributed by atoms with van der Waals surface area (Å²) in [7, 11) is 0. The van der Waals surface area contributed by atoms with Crippen molar-refractivity contribution < 1.29 is 14.3 Å². The molecule has 1 aliphatic rings. The predicted molar refractivity (Wildman–Crippen MR) is 64.6 cm³/mol. The van der Waals surface area contributed by atoms with Crippen LogP contribution in [0.3, 0.4) is 0 Å². The molecule has 1 heterocycles. The third kappa shape index (κ3) is 4.46. The highest BCUT2D eigenvalue weighted by Gasteiger charge is 2.27. The summed E-state index contributed by atoms with van der Waals surface area (Å²) in [5.41, 5.74) is -0.501. The van der Waals surface area contributed by atoms with Gasteiger partial charge in [-0.3, -0.25) is 4.79 Å². The zero-order valence-electron chi connectivity index (χ0n) is 10.7. The summed E-state index contributed by atoms with van der Waals surface area (Å²) in [5.74, 6) is -0.0986. The predicted octanol–water partition coefficient (Wildman–Crippen LogP) is 1.30. The minimum Gasteiger partial charge on any atom is -0.444 e. The second-order valence-electron chi connectivity index (χ2n) is 5.12. The Morgan fingerprint density at radius 2 is 2.12 bits per heavy atom. The van der Waals surface area contributed by atoms with E-state index in [9.17, 15) is 9.59 Å². The molecule has 1 fully saturated rings. The van der Waals surface area contributed by atoms with Crippen molar-refractivity contribution in [3.8, 4) is 0 Å². The van der Waals surface area contributed by atoms with E-state index in [1.165, 1.54) is 6.08 Å². The van der Waals surface area contributed by atoms with Crippen LogP contribution in [0.15, 0.2) is 12.7 Å². The smallest absolute Gasteiger partial charge is 0.407 e. The molecule has 1 aliphatic heterocycles. The van der Waals surface area contributed by atoms with Crippen LogP contribution < -0.4 is 5.32 Å². The fourth-order valence-corrected chi connectivity index (χ4v) is 1.68. The molecule has 0 bridgehead atoms. The fraction of sp³-hybridized carbons (Fsp3) is 0.667. The number of carbonyl (C=O) groups is 2. The molecule has 0 unspecified atom stereocenters. The van der Waals surface area contributed by atoms with Crippen LogP contribution in [0.4, 0.5) is 4.79 Å². The number of hydrogen-bond donors (Lipinski definition) is 1. The van der Waals surface area contributed by atoms with Crippen LogP contribution >= 0.6 is 0 Å². The Labute approximate surface area is 102 Å². The minimum atomic E-state index is -0.501. The summed E-state index contributed by atoms with van der Waals surface area (Å²) in [5, 5.41) is 2.76. The lowest BCUT2D eigenvalue weighted by atomic mass is 10.2. The van der Waals surface area contributed by atoms with Crippen molar-refractivity contribution in [2.75, 3.05) is 13.1 Å². The first kappa shape index (κ1) is 13.5. The van der Waals surface area contributed by atoms with Crippen LogP contribution in [0.1, 0.15) is 27.2 Å². The topological polar surface area (TPSA) is 58.6 Å². The highest BCUT2D eigenvalue weighted by Crippen LogP contribution is 2.11. The second-order valence-corrected chi connectivity index (χ2v) is 5.12. The van der Waals surface area contributed by atoms with E-state index >= 15 is 0 Å². The number of rotatable bonds is 2. The molecule has 96 valence electrons. The van der Waals surface area contributed by atoms with Crippen molar-refractivity contribution in [2.24, 2.45) is 0 Å². The Morgan fingerprint density at radius 3 is 2.65 bits per heavy atom. The van der Waals surface area contributed by atoms with Crippen LogP contribution in [-0.2, 0) is 9.53 Å². The lowest BCUT2D eigenvalue weighted by Crippen LogP contribution is -2.41. The molecule has 0 aliphatic carbocycles. The quantitative estimate of drug-likeness (QED) is 0.740. The SMILES string of the molecule is C=CC(=O)N1CC[C@@H](NC(=O)OC(C)(C)C)C1. The van der Waals surface area contributed by atoms with Gasteiger partial charge in [-0.1, -0.05) is 6.58 Å². The van der Waals surface area contributed by atoms with E-state index in [-0.39, 0.29) is 11.9 Å². The third-order valence-electron chi connectivity index (χ3n) is 2.40. The maximum atomic E-state index is 11.5. The van der Waals surface area contributed by atoms with Crippen LogP contribution in [-0.4, -0.2) is 41.6 Å². The van der Waals surface area contributed by atoms with Crippen LogP contribution in [0.25, 0.3) is 0 Å². The molecule has 0 saturated carbocycles. The van der Waals surface area contributed by atoms with Crippen LogP contribution in [0.2, 0.25) is 0 Å². The Morgan fingerprint density at radius 1 is 1.47 bits per heavy atom. The monoisotopic (exact) mass is 240 g/mol. The molecule has 0 aromatic heterocycles. The Hall–Kier alpha value is -1.52. The van der Waals surface area contributed by atoms with Gasteiger partial charge in [-0.05, 0) is 33.3 Å². The van der Waals surface area contributed by atoms with Gasteiger partial charge in [0.25, 0.3) is 0 Å². The van der Waals surface area contributed by atoms with E-state index in [0.717, 1.165) is 6.42 Å². The van der Waals surface area contributed by atoms with E-state index < -0.39 is 11.7 Å². The first-order chi connectivity index (χ1) is 7.81. The Balaban J connectivity index is 2.38. The maximum absolute atomic E-state index is 11.5. The van der Waals surface area contributed by atoms with Crippen molar-refractivity contribution in [2.45, 2.75) is 38.8 Å². The molecule has 0 aromatic carbocycles. The molecule has 17 heavy (non-hydrogen) atoms. The van der Waals surface area contributed by atoms with Gasteiger partial charge in [0, 0.05) is 13.1 Å². The van der Waals surface area contributed by atoms with Gasteiger partial charge in [0.2, 0.25) is 5.91 Å². The van der Waals surface area contributed by atoms with Crippen LogP contribution in [0, 0.1) is 0 Å². The fourth-order valence-electron chi connectivity index (χ4n) is 1.68. The Kier molecular flexibility index (Phi) is 4.15. The summed E-state index contributed by atoms with van der Waals surface area (Å²) in [6, 6.07) is -0.0336. The van der Waals surface area contributed by atoms with Crippen molar-refractivity contribution in [3.63, 3.8) is 0 Å². The molecule has 0 spiro atoms. The van der Waals surface area contributed by atoms with Gasteiger partial charge in [-0.2, -0.15) is 0 Å². The maximum Gasteiger partial charge on any atom is 0.407 e. The highest BCUT2D eigenvalue weighted by molar-refractivity contribution is 5.87. The standard InChI is InChI=1S/C12H20N2O3/c1-5-10(15)14-7-6-9(8-14)13-11(16)17-12(2,3)4/h5,9H,1,6-8H2,2-4H3,(H,13,16)/t9-/m1/s1. The zero-order chi connectivity index (χ0) is 13.1. The van der Waals surface area contributed by atoms with E-state index in [4.69, 9.17) is 4.74 Å².